The van der Waals surface area contributed by atoms with E-state index in [4.69, 9.17) is 9.15 Å². The monoisotopic (exact) mass is 288 g/mol. The standard InChI is InChI=1S/C17H24N2O2/c1-2-8-19-13-16-7-12-21-17(16)14-20-11-3-4-15-5-9-18-10-6-15/h5-7,9-10,12,19H,2-4,8,11,13-14H2,1H3. The molecule has 0 spiro atoms. The average Bonchev–Trinajstić information content (AvgIpc) is 2.96. The van der Waals surface area contributed by atoms with Crippen LogP contribution in [0.25, 0.3) is 0 Å². The number of pyridine rings is 1. The van der Waals surface area contributed by atoms with Crippen molar-refractivity contribution >= 4 is 0 Å². The Labute approximate surface area is 126 Å². The number of hydrogen-bond acceptors (Lipinski definition) is 4. The third-order valence-electron chi connectivity index (χ3n) is 3.32. The van der Waals surface area contributed by atoms with Gasteiger partial charge in [-0.2, -0.15) is 0 Å². The van der Waals surface area contributed by atoms with Gasteiger partial charge in [0.2, 0.25) is 0 Å². The molecular weight excluding hydrogens is 264 g/mol. The summed E-state index contributed by atoms with van der Waals surface area (Å²) in [6, 6.07) is 6.10. The average molecular weight is 288 g/mol. The minimum Gasteiger partial charge on any atom is -0.467 e. The molecule has 4 heteroatoms. The molecule has 2 aromatic heterocycles. The van der Waals surface area contributed by atoms with E-state index in [1.807, 2.05) is 30.6 Å². The van der Waals surface area contributed by atoms with Crippen molar-refractivity contribution in [3.63, 3.8) is 0 Å². The Morgan fingerprint density at radius 2 is 2.10 bits per heavy atom. The first-order valence-electron chi connectivity index (χ1n) is 7.62. The summed E-state index contributed by atoms with van der Waals surface area (Å²) in [5, 5.41) is 3.38. The highest BCUT2D eigenvalue weighted by Gasteiger charge is 2.05. The number of rotatable bonds is 10. The largest absolute Gasteiger partial charge is 0.467 e. The van der Waals surface area contributed by atoms with E-state index in [9.17, 15) is 0 Å². The summed E-state index contributed by atoms with van der Waals surface area (Å²) in [5.41, 5.74) is 2.49. The molecule has 0 aliphatic rings. The van der Waals surface area contributed by atoms with E-state index in [0.29, 0.717) is 6.61 Å². The van der Waals surface area contributed by atoms with Gasteiger partial charge in [-0.1, -0.05) is 6.92 Å². The lowest BCUT2D eigenvalue weighted by Gasteiger charge is -2.06. The summed E-state index contributed by atoms with van der Waals surface area (Å²) in [5.74, 6) is 0.933. The number of aryl methyl sites for hydroxylation is 1. The third-order valence-corrected chi connectivity index (χ3v) is 3.32. The van der Waals surface area contributed by atoms with Crippen LogP contribution in [-0.4, -0.2) is 18.1 Å². The van der Waals surface area contributed by atoms with Crippen molar-refractivity contribution in [1.29, 1.82) is 0 Å². The number of nitrogens with zero attached hydrogens (tertiary/aromatic N) is 1. The minimum absolute atomic E-state index is 0.548. The zero-order chi connectivity index (χ0) is 14.8. The molecule has 0 aromatic carbocycles. The lowest BCUT2D eigenvalue weighted by Crippen LogP contribution is -2.14. The minimum atomic E-state index is 0.548. The third kappa shape index (κ3) is 5.69. The summed E-state index contributed by atoms with van der Waals surface area (Å²) in [4.78, 5) is 4.01. The number of ether oxygens (including phenoxy) is 1. The Kier molecular flexibility index (Phi) is 6.98. The van der Waals surface area contributed by atoms with Gasteiger partial charge in [0, 0.05) is 31.1 Å². The normalized spacial score (nSPS) is 10.9. The quantitative estimate of drug-likeness (QED) is 0.681. The van der Waals surface area contributed by atoms with Crippen LogP contribution in [0, 0.1) is 0 Å². The van der Waals surface area contributed by atoms with Crippen molar-refractivity contribution in [3.05, 3.63) is 53.7 Å². The molecule has 2 aromatic rings. The summed E-state index contributed by atoms with van der Waals surface area (Å²) in [6.07, 6.45) is 8.56. The van der Waals surface area contributed by atoms with Crippen molar-refractivity contribution in [1.82, 2.24) is 10.3 Å². The zero-order valence-electron chi connectivity index (χ0n) is 12.7. The molecule has 0 atom stereocenters. The summed E-state index contributed by atoms with van der Waals surface area (Å²) in [6.45, 7) is 5.32. The first-order valence-corrected chi connectivity index (χ1v) is 7.62. The van der Waals surface area contributed by atoms with Crippen LogP contribution in [0.2, 0.25) is 0 Å². The van der Waals surface area contributed by atoms with E-state index in [0.717, 1.165) is 44.7 Å². The van der Waals surface area contributed by atoms with Gasteiger partial charge in [-0.3, -0.25) is 4.98 Å². The van der Waals surface area contributed by atoms with Crippen molar-refractivity contribution in [2.45, 2.75) is 39.3 Å². The maximum absolute atomic E-state index is 5.71. The highest BCUT2D eigenvalue weighted by molar-refractivity contribution is 5.16. The topological polar surface area (TPSA) is 47.3 Å². The Hall–Kier alpha value is -1.65. The summed E-state index contributed by atoms with van der Waals surface area (Å²) >= 11 is 0. The van der Waals surface area contributed by atoms with E-state index in [2.05, 4.69) is 17.2 Å². The molecule has 0 fully saturated rings. The predicted molar refractivity (Wildman–Crippen MR) is 82.9 cm³/mol. The Bertz CT molecular complexity index is 497. The molecule has 2 rings (SSSR count). The first-order chi connectivity index (χ1) is 10.4. The lowest BCUT2D eigenvalue weighted by molar-refractivity contribution is 0.103. The molecule has 2 heterocycles. The van der Waals surface area contributed by atoms with E-state index in [1.165, 1.54) is 11.1 Å². The van der Waals surface area contributed by atoms with Crippen LogP contribution >= 0.6 is 0 Å². The second-order valence-corrected chi connectivity index (χ2v) is 5.06. The molecule has 0 aliphatic carbocycles. The van der Waals surface area contributed by atoms with Crippen LogP contribution < -0.4 is 5.32 Å². The first kappa shape index (κ1) is 15.7. The van der Waals surface area contributed by atoms with Crippen molar-refractivity contribution in [2.75, 3.05) is 13.2 Å². The molecule has 1 N–H and O–H groups in total. The van der Waals surface area contributed by atoms with Gasteiger partial charge in [-0.05, 0) is 49.6 Å². The number of hydrogen-bond donors (Lipinski definition) is 1. The van der Waals surface area contributed by atoms with Gasteiger partial charge in [-0.25, -0.2) is 0 Å². The number of aromatic nitrogens is 1. The molecule has 0 amide bonds. The van der Waals surface area contributed by atoms with Crippen LogP contribution in [0.15, 0.2) is 41.3 Å². The fraction of sp³-hybridized carbons (Fsp3) is 0.471. The fourth-order valence-electron chi connectivity index (χ4n) is 2.14. The summed E-state index contributed by atoms with van der Waals surface area (Å²) < 4.78 is 11.2. The molecule has 0 aliphatic heterocycles. The molecule has 0 bridgehead atoms. The SMILES string of the molecule is CCCNCc1ccoc1COCCCc1ccncc1. The van der Waals surface area contributed by atoms with Crippen LogP contribution in [0.5, 0.6) is 0 Å². The molecule has 0 saturated carbocycles. The van der Waals surface area contributed by atoms with Crippen molar-refractivity contribution in [3.8, 4) is 0 Å². The molecule has 0 unspecified atom stereocenters. The molecule has 21 heavy (non-hydrogen) atoms. The van der Waals surface area contributed by atoms with Gasteiger partial charge in [0.05, 0.1) is 6.26 Å². The Morgan fingerprint density at radius 1 is 1.24 bits per heavy atom. The number of furan rings is 1. The van der Waals surface area contributed by atoms with Crippen LogP contribution in [0.4, 0.5) is 0 Å². The Balaban J connectivity index is 1.63. The van der Waals surface area contributed by atoms with Crippen molar-refractivity contribution < 1.29 is 9.15 Å². The fourth-order valence-corrected chi connectivity index (χ4v) is 2.14. The molecule has 0 saturated heterocycles. The van der Waals surface area contributed by atoms with Crippen LogP contribution in [0.1, 0.15) is 36.7 Å². The highest BCUT2D eigenvalue weighted by atomic mass is 16.5. The molecule has 0 radical (unpaired) electrons. The van der Waals surface area contributed by atoms with Gasteiger partial charge in [-0.15, -0.1) is 0 Å². The van der Waals surface area contributed by atoms with E-state index in [-0.39, 0.29) is 0 Å². The van der Waals surface area contributed by atoms with Crippen LogP contribution in [0.3, 0.4) is 0 Å². The van der Waals surface area contributed by atoms with Gasteiger partial charge in [0.1, 0.15) is 12.4 Å². The maximum Gasteiger partial charge on any atom is 0.133 e. The lowest BCUT2D eigenvalue weighted by atomic mass is 10.1. The zero-order valence-corrected chi connectivity index (χ0v) is 12.7. The maximum atomic E-state index is 5.71. The van der Waals surface area contributed by atoms with Gasteiger partial charge < -0.3 is 14.5 Å². The van der Waals surface area contributed by atoms with Gasteiger partial charge >= 0.3 is 0 Å². The summed E-state index contributed by atoms with van der Waals surface area (Å²) in [7, 11) is 0. The van der Waals surface area contributed by atoms with E-state index >= 15 is 0 Å². The van der Waals surface area contributed by atoms with Gasteiger partial charge in [0.15, 0.2) is 0 Å². The van der Waals surface area contributed by atoms with Crippen molar-refractivity contribution in [2.24, 2.45) is 0 Å². The van der Waals surface area contributed by atoms with Crippen LogP contribution in [-0.2, 0) is 24.3 Å². The molecule has 4 nitrogen and oxygen atoms in total. The Morgan fingerprint density at radius 3 is 2.90 bits per heavy atom. The van der Waals surface area contributed by atoms with Gasteiger partial charge in [0.25, 0.3) is 0 Å². The second-order valence-electron chi connectivity index (χ2n) is 5.06. The smallest absolute Gasteiger partial charge is 0.133 e. The molecular formula is C17H24N2O2. The van der Waals surface area contributed by atoms with E-state index in [1.54, 1.807) is 6.26 Å². The van der Waals surface area contributed by atoms with E-state index < -0.39 is 0 Å². The molecule has 114 valence electrons. The second kappa shape index (κ2) is 9.32. The number of nitrogens with one attached hydrogen (secondary N) is 1. The highest BCUT2D eigenvalue weighted by Crippen LogP contribution is 2.12. The predicted octanol–water partition coefficient (Wildman–Crippen LogP) is 3.32.